The third-order valence-electron chi connectivity index (χ3n) is 4.81. The summed E-state index contributed by atoms with van der Waals surface area (Å²) < 4.78 is 1.18. The lowest BCUT2D eigenvalue weighted by atomic mass is 10.1. The molecule has 6 aromatic rings. The highest BCUT2D eigenvalue weighted by molar-refractivity contribution is 7.18. The van der Waals surface area contributed by atoms with E-state index in [2.05, 4.69) is 65.0 Å². The fourth-order valence-electron chi connectivity index (χ4n) is 3.42. The molecule has 3 aromatic heterocycles. The SMILES string of the molecule is c1cc2c(Nc3ccc4n[nH]nc4c3)ccc(Nc3ccc4n[nH]nc4c3)c2s1. The molecule has 0 fully saturated rings. The number of nitrogens with zero attached hydrogens (tertiary/aromatic N) is 4. The molecule has 0 aliphatic rings. The van der Waals surface area contributed by atoms with Crippen LogP contribution < -0.4 is 10.6 Å². The van der Waals surface area contributed by atoms with Crippen LogP contribution in [0.15, 0.2) is 60.0 Å². The van der Waals surface area contributed by atoms with Crippen LogP contribution in [0.2, 0.25) is 0 Å². The third-order valence-corrected chi connectivity index (χ3v) is 5.76. The topological polar surface area (TPSA) is 107 Å². The molecule has 8 nitrogen and oxygen atoms in total. The van der Waals surface area contributed by atoms with Crippen LogP contribution in [-0.4, -0.2) is 30.8 Å². The van der Waals surface area contributed by atoms with Crippen LogP contribution in [0.25, 0.3) is 32.2 Å². The Bertz CT molecular complexity index is 1370. The smallest absolute Gasteiger partial charge is 0.115 e. The molecule has 0 saturated carbocycles. The molecule has 0 saturated heterocycles. The van der Waals surface area contributed by atoms with E-state index in [1.807, 2.05) is 36.4 Å². The number of aromatic nitrogens is 6. The summed E-state index contributed by atoms with van der Waals surface area (Å²) in [5, 5.41) is 32.1. The van der Waals surface area contributed by atoms with Crippen LogP contribution in [0.1, 0.15) is 0 Å². The Labute approximate surface area is 168 Å². The standard InChI is InChI=1S/C20H14N8S/c1-3-15-18(25-27-23-15)9-11(1)21-14-5-6-17(20-13(14)7-8-29-20)22-12-2-4-16-19(10-12)26-28-24-16/h1-10,21-22H,(H,23,25,27)(H,24,26,28). The van der Waals surface area contributed by atoms with Crippen molar-refractivity contribution in [2.24, 2.45) is 0 Å². The zero-order valence-corrected chi connectivity index (χ0v) is 15.8. The van der Waals surface area contributed by atoms with Crippen molar-refractivity contribution in [2.75, 3.05) is 10.6 Å². The number of H-pyrrole nitrogens is 2. The monoisotopic (exact) mass is 398 g/mol. The minimum absolute atomic E-state index is 0.832. The predicted octanol–water partition coefficient (Wildman–Crippen LogP) is 4.93. The van der Waals surface area contributed by atoms with Crippen LogP contribution in [0.4, 0.5) is 22.7 Å². The van der Waals surface area contributed by atoms with Crippen LogP contribution >= 0.6 is 11.3 Å². The molecule has 4 N–H and O–H groups in total. The number of fused-ring (bicyclic) bond motifs is 3. The fourth-order valence-corrected chi connectivity index (χ4v) is 4.31. The van der Waals surface area contributed by atoms with E-state index in [0.717, 1.165) is 50.2 Å². The number of hydrogen-bond donors (Lipinski definition) is 4. The van der Waals surface area contributed by atoms with Gasteiger partial charge in [0, 0.05) is 22.4 Å². The lowest BCUT2D eigenvalue weighted by molar-refractivity contribution is 0.959. The summed E-state index contributed by atoms with van der Waals surface area (Å²) in [6.45, 7) is 0. The van der Waals surface area contributed by atoms with Gasteiger partial charge in [-0.15, -0.1) is 11.3 Å². The molecule has 0 amide bonds. The predicted molar refractivity (Wildman–Crippen MR) is 116 cm³/mol. The Balaban J connectivity index is 1.35. The average Bonchev–Trinajstić information content (AvgIpc) is 3.49. The number of benzene rings is 3. The van der Waals surface area contributed by atoms with Gasteiger partial charge in [-0.1, -0.05) is 0 Å². The second-order valence-electron chi connectivity index (χ2n) is 6.63. The summed E-state index contributed by atoms with van der Waals surface area (Å²) in [5.74, 6) is 0. The van der Waals surface area contributed by atoms with Gasteiger partial charge in [0.25, 0.3) is 0 Å². The largest absolute Gasteiger partial charge is 0.355 e. The van der Waals surface area contributed by atoms with Crippen molar-refractivity contribution >= 4 is 66.2 Å². The van der Waals surface area contributed by atoms with Crippen LogP contribution in [0, 0.1) is 0 Å². The highest BCUT2D eigenvalue weighted by atomic mass is 32.1. The molecule has 140 valence electrons. The number of nitrogens with one attached hydrogen (secondary N) is 4. The maximum atomic E-state index is 4.16. The summed E-state index contributed by atoms with van der Waals surface area (Å²) in [4.78, 5) is 0. The van der Waals surface area contributed by atoms with Crippen molar-refractivity contribution in [1.82, 2.24) is 30.8 Å². The molecule has 3 aromatic carbocycles. The molecule has 0 unspecified atom stereocenters. The van der Waals surface area contributed by atoms with Crippen molar-refractivity contribution in [1.29, 1.82) is 0 Å². The van der Waals surface area contributed by atoms with Crippen molar-refractivity contribution in [3.05, 3.63) is 60.0 Å². The summed E-state index contributed by atoms with van der Waals surface area (Å²) >= 11 is 1.70. The molecular formula is C20H14N8S. The van der Waals surface area contributed by atoms with E-state index < -0.39 is 0 Å². The Hall–Kier alpha value is -3.98. The Morgan fingerprint density at radius 1 is 0.621 bits per heavy atom. The molecule has 0 radical (unpaired) electrons. The zero-order chi connectivity index (χ0) is 19.2. The van der Waals surface area contributed by atoms with Crippen LogP contribution in [-0.2, 0) is 0 Å². The number of hydrogen-bond acceptors (Lipinski definition) is 7. The summed E-state index contributed by atoms with van der Waals surface area (Å²) in [6.07, 6.45) is 0. The first kappa shape index (κ1) is 16.0. The van der Waals surface area contributed by atoms with Crippen molar-refractivity contribution in [2.45, 2.75) is 0 Å². The van der Waals surface area contributed by atoms with Gasteiger partial charge in [0.1, 0.15) is 22.1 Å². The molecule has 0 aliphatic carbocycles. The maximum Gasteiger partial charge on any atom is 0.115 e. The first-order valence-corrected chi connectivity index (χ1v) is 9.87. The number of rotatable bonds is 4. The first-order chi connectivity index (χ1) is 14.3. The van der Waals surface area contributed by atoms with Crippen molar-refractivity contribution < 1.29 is 0 Å². The van der Waals surface area contributed by atoms with Crippen molar-refractivity contribution in [3.8, 4) is 0 Å². The zero-order valence-electron chi connectivity index (χ0n) is 15.0. The van der Waals surface area contributed by atoms with E-state index in [-0.39, 0.29) is 0 Å². The van der Waals surface area contributed by atoms with Gasteiger partial charge >= 0.3 is 0 Å². The van der Waals surface area contributed by atoms with E-state index in [1.165, 1.54) is 4.70 Å². The summed E-state index contributed by atoms with van der Waals surface area (Å²) in [6, 6.07) is 18.2. The van der Waals surface area contributed by atoms with E-state index in [0.29, 0.717) is 0 Å². The van der Waals surface area contributed by atoms with Crippen LogP contribution in [0.5, 0.6) is 0 Å². The van der Waals surface area contributed by atoms with E-state index in [9.17, 15) is 0 Å². The molecule has 9 heteroatoms. The highest BCUT2D eigenvalue weighted by Gasteiger charge is 2.10. The molecule has 3 heterocycles. The summed E-state index contributed by atoms with van der Waals surface area (Å²) in [5.41, 5.74) is 7.39. The Morgan fingerprint density at radius 2 is 1.21 bits per heavy atom. The molecule has 0 bridgehead atoms. The minimum Gasteiger partial charge on any atom is -0.355 e. The van der Waals surface area contributed by atoms with Crippen molar-refractivity contribution in [3.63, 3.8) is 0 Å². The number of anilines is 4. The molecule has 0 atom stereocenters. The second-order valence-corrected chi connectivity index (χ2v) is 7.54. The molecule has 6 rings (SSSR count). The second kappa shape index (κ2) is 6.28. The normalized spacial score (nSPS) is 11.4. The Morgan fingerprint density at radius 3 is 1.90 bits per heavy atom. The molecule has 0 spiro atoms. The summed E-state index contributed by atoms with van der Waals surface area (Å²) in [7, 11) is 0. The average molecular weight is 398 g/mol. The number of thiophene rings is 1. The quantitative estimate of drug-likeness (QED) is 0.335. The van der Waals surface area contributed by atoms with E-state index >= 15 is 0 Å². The third kappa shape index (κ3) is 2.75. The molecular weight excluding hydrogens is 384 g/mol. The van der Waals surface area contributed by atoms with Gasteiger partial charge in [-0.05, 0) is 60.0 Å². The fraction of sp³-hybridized carbons (Fsp3) is 0. The minimum atomic E-state index is 0.832. The van der Waals surface area contributed by atoms with Gasteiger partial charge in [0.15, 0.2) is 0 Å². The van der Waals surface area contributed by atoms with Gasteiger partial charge in [-0.25, -0.2) is 0 Å². The Kier molecular flexibility index (Phi) is 3.47. The van der Waals surface area contributed by atoms with Gasteiger partial charge in [-0.3, -0.25) is 0 Å². The maximum absolute atomic E-state index is 4.16. The van der Waals surface area contributed by atoms with Crippen LogP contribution in [0.3, 0.4) is 0 Å². The van der Waals surface area contributed by atoms with Gasteiger partial charge in [0.2, 0.25) is 0 Å². The lowest BCUT2D eigenvalue weighted by Gasteiger charge is -2.12. The van der Waals surface area contributed by atoms with E-state index in [1.54, 1.807) is 11.3 Å². The van der Waals surface area contributed by atoms with Gasteiger partial charge < -0.3 is 10.6 Å². The van der Waals surface area contributed by atoms with E-state index in [4.69, 9.17) is 0 Å². The number of aromatic amines is 2. The highest BCUT2D eigenvalue weighted by Crippen LogP contribution is 2.37. The first-order valence-electron chi connectivity index (χ1n) is 8.99. The van der Waals surface area contributed by atoms with Gasteiger partial charge in [0.05, 0.1) is 10.4 Å². The lowest BCUT2D eigenvalue weighted by Crippen LogP contribution is -1.94. The molecule has 0 aliphatic heterocycles. The van der Waals surface area contributed by atoms with Gasteiger partial charge in [-0.2, -0.15) is 30.8 Å². The molecule has 29 heavy (non-hydrogen) atoms.